The van der Waals surface area contributed by atoms with E-state index in [1.807, 2.05) is 0 Å². The molecule has 1 fully saturated rings. The lowest BCUT2D eigenvalue weighted by molar-refractivity contribution is 0.0682. The number of carboxylic acids is 1. The summed E-state index contributed by atoms with van der Waals surface area (Å²) in [4.78, 5) is 14.9. The second-order valence-electron chi connectivity index (χ2n) is 3.98. The van der Waals surface area contributed by atoms with Gasteiger partial charge in [0.15, 0.2) is 11.5 Å². The zero-order chi connectivity index (χ0) is 10.8. The van der Waals surface area contributed by atoms with E-state index in [0.717, 1.165) is 25.7 Å². The zero-order valence-corrected chi connectivity index (χ0v) is 8.52. The largest absolute Gasteiger partial charge is 0.476 e. The van der Waals surface area contributed by atoms with Crippen LogP contribution in [0.3, 0.4) is 0 Å². The Balaban J connectivity index is 2.30. The molecule has 0 amide bonds. The molecule has 0 aliphatic heterocycles. The highest BCUT2D eigenvalue weighted by atomic mass is 16.4. The maximum Gasteiger partial charge on any atom is 0.356 e. The molecule has 1 aliphatic carbocycles. The van der Waals surface area contributed by atoms with Crippen molar-refractivity contribution < 1.29 is 9.90 Å². The average Bonchev–Trinajstić information content (AvgIpc) is 2.61. The van der Waals surface area contributed by atoms with Gasteiger partial charge in [-0.3, -0.25) is 0 Å². The van der Waals surface area contributed by atoms with Crippen LogP contribution in [0.15, 0.2) is 6.33 Å². The molecule has 1 aromatic heterocycles. The fourth-order valence-electron chi connectivity index (χ4n) is 2.23. The minimum Gasteiger partial charge on any atom is -0.476 e. The van der Waals surface area contributed by atoms with Crippen molar-refractivity contribution >= 4 is 11.8 Å². The number of hydrogen-bond donors (Lipinski definition) is 2. The molecule has 1 aromatic rings. The lowest BCUT2D eigenvalue weighted by atomic mass is 9.95. The number of carboxylic acid groups (broad SMARTS) is 1. The van der Waals surface area contributed by atoms with Crippen molar-refractivity contribution in [1.82, 2.24) is 9.55 Å². The molecule has 5 nitrogen and oxygen atoms in total. The molecule has 1 saturated carbocycles. The number of nitrogens with two attached hydrogens (primary N) is 1. The van der Waals surface area contributed by atoms with Crippen molar-refractivity contribution in [3.05, 3.63) is 12.0 Å². The summed E-state index contributed by atoms with van der Waals surface area (Å²) in [6.45, 7) is 0. The molecule has 0 aromatic carbocycles. The van der Waals surface area contributed by atoms with Gasteiger partial charge in [-0.2, -0.15) is 0 Å². The van der Waals surface area contributed by atoms with E-state index >= 15 is 0 Å². The Hall–Kier alpha value is -1.52. The van der Waals surface area contributed by atoms with Crippen molar-refractivity contribution in [2.75, 3.05) is 5.73 Å². The monoisotopic (exact) mass is 209 g/mol. The van der Waals surface area contributed by atoms with E-state index in [4.69, 9.17) is 10.8 Å². The number of rotatable bonds is 2. The molecule has 0 unspecified atom stereocenters. The molecular weight excluding hydrogens is 194 g/mol. The Morgan fingerprint density at radius 2 is 2.13 bits per heavy atom. The Morgan fingerprint density at radius 3 is 2.73 bits per heavy atom. The van der Waals surface area contributed by atoms with Gasteiger partial charge in [-0.05, 0) is 12.8 Å². The highest BCUT2D eigenvalue weighted by molar-refractivity contribution is 5.90. The maximum atomic E-state index is 11.0. The fraction of sp³-hybridized carbons (Fsp3) is 0.600. The minimum atomic E-state index is -0.990. The van der Waals surface area contributed by atoms with E-state index in [0.29, 0.717) is 0 Å². The van der Waals surface area contributed by atoms with E-state index in [-0.39, 0.29) is 17.6 Å². The number of aromatic carboxylic acids is 1. The van der Waals surface area contributed by atoms with Crippen LogP contribution in [0.5, 0.6) is 0 Å². The van der Waals surface area contributed by atoms with Crippen LogP contribution >= 0.6 is 0 Å². The van der Waals surface area contributed by atoms with Gasteiger partial charge in [0.05, 0.1) is 6.33 Å². The third kappa shape index (κ3) is 1.82. The molecular formula is C10H15N3O2. The molecule has 15 heavy (non-hydrogen) atoms. The summed E-state index contributed by atoms with van der Waals surface area (Å²) < 4.78 is 1.72. The molecule has 1 aliphatic rings. The third-order valence-electron chi connectivity index (χ3n) is 2.99. The second kappa shape index (κ2) is 3.92. The standard InChI is InChI=1S/C10H15N3O2/c11-9-8(10(14)15)13(6-12-9)7-4-2-1-3-5-7/h6-7H,1-5,11H2,(H,14,15). The van der Waals surface area contributed by atoms with Gasteiger partial charge in [-0.1, -0.05) is 19.3 Å². The summed E-state index contributed by atoms with van der Waals surface area (Å²) in [5, 5.41) is 9.03. The Kier molecular flexibility index (Phi) is 2.62. The molecule has 0 radical (unpaired) electrons. The normalized spacial score (nSPS) is 17.9. The van der Waals surface area contributed by atoms with Crippen LogP contribution in [0.25, 0.3) is 0 Å². The van der Waals surface area contributed by atoms with E-state index in [1.165, 1.54) is 6.42 Å². The Bertz CT molecular complexity index is 367. The van der Waals surface area contributed by atoms with Gasteiger partial charge in [0.1, 0.15) is 0 Å². The summed E-state index contributed by atoms with van der Waals surface area (Å²) in [6, 6.07) is 0.259. The lowest BCUT2D eigenvalue weighted by Gasteiger charge is -2.23. The first kappa shape index (κ1) is 10.0. The van der Waals surface area contributed by atoms with Gasteiger partial charge < -0.3 is 15.4 Å². The number of nitrogens with zero attached hydrogens (tertiary/aromatic N) is 2. The summed E-state index contributed by atoms with van der Waals surface area (Å²) >= 11 is 0. The summed E-state index contributed by atoms with van der Waals surface area (Å²) in [5.74, 6) is -0.872. The van der Waals surface area contributed by atoms with Crippen molar-refractivity contribution in [1.29, 1.82) is 0 Å². The maximum absolute atomic E-state index is 11.0. The van der Waals surface area contributed by atoms with Crippen molar-refractivity contribution in [2.24, 2.45) is 0 Å². The fourth-order valence-corrected chi connectivity index (χ4v) is 2.23. The second-order valence-corrected chi connectivity index (χ2v) is 3.98. The summed E-state index contributed by atoms with van der Waals surface area (Å²) in [6.07, 6.45) is 7.15. The molecule has 0 atom stereocenters. The molecule has 2 rings (SSSR count). The Labute approximate surface area is 87.9 Å². The zero-order valence-electron chi connectivity index (χ0n) is 8.52. The van der Waals surface area contributed by atoms with E-state index in [1.54, 1.807) is 10.9 Å². The molecule has 0 bridgehead atoms. The minimum absolute atomic E-state index is 0.119. The number of imidazole rings is 1. The van der Waals surface area contributed by atoms with Crippen LogP contribution in [0.2, 0.25) is 0 Å². The first-order valence-electron chi connectivity index (χ1n) is 5.25. The van der Waals surface area contributed by atoms with Crippen LogP contribution < -0.4 is 5.73 Å². The predicted octanol–water partition coefficient (Wildman–Crippen LogP) is 1.67. The SMILES string of the molecule is Nc1ncn(C2CCCCC2)c1C(=O)O. The Morgan fingerprint density at radius 1 is 1.47 bits per heavy atom. The van der Waals surface area contributed by atoms with Gasteiger partial charge in [-0.25, -0.2) is 9.78 Å². The first-order valence-corrected chi connectivity index (χ1v) is 5.25. The van der Waals surface area contributed by atoms with Gasteiger partial charge in [0.2, 0.25) is 0 Å². The van der Waals surface area contributed by atoms with Crippen LogP contribution in [0.4, 0.5) is 5.82 Å². The van der Waals surface area contributed by atoms with Gasteiger partial charge >= 0.3 is 5.97 Å². The summed E-state index contributed by atoms with van der Waals surface area (Å²) in [7, 11) is 0. The molecule has 3 N–H and O–H groups in total. The van der Waals surface area contributed by atoms with Crippen molar-refractivity contribution in [3.8, 4) is 0 Å². The van der Waals surface area contributed by atoms with E-state index in [2.05, 4.69) is 4.98 Å². The first-order chi connectivity index (χ1) is 7.20. The number of anilines is 1. The lowest BCUT2D eigenvalue weighted by Crippen LogP contribution is -2.17. The van der Waals surface area contributed by atoms with Crippen LogP contribution in [-0.2, 0) is 0 Å². The van der Waals surface area contributed by atoms with Crippen molar-refractivity contribution in [2.45, 2.75) is 38.1 Å². The summed E-state index contributed by atoms with van der Waals surface area (Å²) in [5.41, 5.74) is 5.68. The van der Waals surface area contributed by atoms with Crippen LogP contribution in [-0.4, -0.2) is 20.6 Å². The van der Waals surface area contributed by atoms with E-state index in [9.17, 15) is 4.79 Å². The van der Waals surface area contributed by atoms with E-state index < -0.39 is 5.97 Å². The highest BCUT2D eigenvalue weighted by Crippen LogP contribution is 2.30. The predicted molar refractivity (Wildman–Crippen MR) is 55.7 cm³/mol. The number of nitrogen functional groups attached to an aromatic ring is 1. The molecule has 0 spiro atoms. The molecule has 5 heteroatoms. The van der Waals surface area contributed by atoms with Crippen molar-refractivity contribution in [3.63, 3.8) is 0 Å². The topological polar surface area (TPSA) is 81.1 Å². The van der Waals surface area contributed by atoms with Gasteiger partial charge in [0, 0.05) is 6.04 Å². The number of hydrogen-bond acceptors (Lipinski definition) is 3. The van der Waals surface area contributed by atoms with Crippen LogP contribution in [0.1, 0.15) is 48.6 Å². The average molecular weight is 209 g/mol. The third-order valence-corrected chi connectivity index (χ3v) is 2.99. The van der Waals surface area contributed by atoms with Crippen LogP contribution in [0, 0.1) is 0 Å². The van der Waals surface area contributed by atoms with Gasteiger partial charge in [0.25, 0.3) is 0 Å². The molecule has 1 heterocycles. The smallest absolute Gasteiger partial charge is 0.356 e. The molecule has 0 saturated heterocycles. The quantitative estimate of drug-likeness (QED) is 0.776. The highest BCUT2D eigenvalue weighted by Gasteiger charge is 2.23. The molecule has 82 valence electrons. The van der Waals surface area contributed by atoms with Gasteiger partial charge in [-0.15, -0.1) is 0 Å². The number of carbonyl (C=O) groups is 1. The number of aromatic nitrogens is 2.